The number of fused-ring (bicyclic) bond motifs is 1. The summed E-state index contributed by atoms with van der Waals surface area (Å²) in [6.45, 7) is 10.4. The van der Waals surface area contributed by atoms with Gasteiger partial charge in [-0.3, -0.25) is 4.90 Å². The lowest BCUT2D eigenvalue weighted by Crippen LogP contribution is -2.39. The molecule has 0 spiro atoms. The molecule has 0 N–H and O–H groups in total. The van der Waals surface area contributed by atoms with Gasteiger partial charge in [-0.15, -0.1) is 0 Å². The first-order valence-electron chi connectivity index (χ1n) is 9.80. The fourth-order valence-corrected chi connectivity index (χ4v) is 3.98. The van der Waals surface area contributed by atoms with Crippen molar-refractivity contribution in [3.05, 3.63) is 51.9 Å². The Balaban J connectivity index is 1.62. The van der Waals surface area contributed by atoms with Crippen molar-refractivity contribution >= 4 is 17.4 Å². The predicted octanol–water partition coefficient (Wildman–Crippen LogP) is 3.65. The standard InChI is InChI=1S/C21H27ClN4O/c1-15(2)20-23-19-14-25(13-16-5-3-4-6-18(16)22)8-7-17(19)21(24-20)26-9-11-27-12-10-26/h3-6,15H,7-14H2,1-2H3. The highest BCUT2D eigenvalue weighted by Gasteiger charge is 2.26. The molecule has 27 heavy (non-hydrogen) atoms. The van der Waals surface area contributed by atoms with Crippen LogP contribution in [0.5, 0.6) is 0 Å². The van der Waals surface area contributed by atoms with E-state index in [1.807, 2.05) is 12.1 Å². The van der Waals surface area contributed by atoms with Crippen LogP contribution in [0.15, 0.2) is 24.3 Å². The van der Waals surface area contributed by atoms with Crippen molar-refractivity contribution in [1.29, 1.82) is 0 Å². The third-order valence-corrected chi connectivity index (χ3v) is 5.69. The Bertz CT molecular complexity index is 805. The van der Waals surface area contributed by atoms with Crippen LogP contribution < -0.4 is 4.90 Å². The number of benzene rings is 1. The second-order valence-electron chi connectivity index (χ2n) is 7.64. The zero-order valence-corrected chi connectivity index (χ0v) is 16.9. The minimum absolute atomic E-state index is 0.314. The molecule has 3 heterocycles. The van der Waals surface area contributed by atoms with Gasteiger partial charge in [0.05, 0.1) is 18.9 Å². The van der Waals surface area contributed by atoms with Crippen LogP contribution in [0, 0.1) is 0 Å². The van der Waals surface area contributed by atoms with E-state index in [0.717, 1.165) is 69.0 Å². The van der Waals surface area contributed by atoms with E-state index >= 15 is 0 Å². The normalized spacial score (nSPS) is 18.0. The van der Waals surface area contributed by atoms with Crippen LogP contribution in [0.1, 0.15) is 42.4 Å². The molecular formula is C21H27ClN4O. The zero-order valence-electron chi connectivity index (χ0n) is 16.1. The molecule has 5 nitrogen and oxygen atoms in total. The van der Waals surface area contributed by atoms with Crippen molar-refractivity contribution in [1.82, 2.24) is 14.9 Å². The van der Waals surface area contributed by atoms with E-state index in [0.29, 0.717) is 5.92 Å². The largest absolute Gasteiger partial charge is 0.378 e. The Hall–Kier alpha value is -1.69. The summed E-state index contributed by atoms with van der Waals surface area (Å²) in [5.74, 6) is 2.38. The fourth-order valence-electron chi connectivity index (χ4n) is 3.78. The Kier molecular flexibility index (Phi) is 5.62. The summed E-state index contributed by atoms with van der Waals surface area (Å²) in [5.41, 5.74) is 3.67. The molecule has 1 aromatic heterocycles. The summed E-state index contributed by atoms with van der Waals surface area (Å²) in [5, 5.41) is 0.836. The lowest BCUT2D eigenvalue weighted by molar-refractivity contribution is 0.122. The van der Waals surface area contributed by atoms with E-state index in [4.69, 9.17) is 26.3 Å². The molecule has 0 radical (unpaired) electrons. The molecule has 2 aliphatic heterocycles. The highest BCUT2D eigenvalue weighted by molar-refractivity contribution is 6.31. The molecule has 0 atom stereocenters. The van der Waals surface area contributed by atoms with Crippen LogP contribution in [0.4, 0.5) is 5.82 Å². The van der Waals surface area contributed by atoms with Gasteiger partial charge < -0.3 is 9.64 Å². The van der Waals surface area contributed by atoms with Gasteiger partial charge in [-0.25, -0.2) is 9.97 Å². The maximum absolute atomic E-state index is 6.37. The van der Waals surface area contributed by atoms with Crippen molar-refractivity contribution < 1.29 is 4.74 Å². The van der Waals surface area contributed by atoms with Crippen LogP contribution in [0.2, 0.25) is 5.02 Å². The quantitative estimate of drug-likeness (QED) is 0.802. The van der Waals surface area contributed by atoms with Gasteiger partial charge in [0, 0.05) is 49.2 Å². The molecule has 1 aromatic carbocycles. The highest BCUT2D eigenvalue weighted by Crippen LogP contribution is 2.30. The third kappa shape index (κ3) is 4.10. The number of morpholine rings is 1. The van der Waals surface area contributed by atoms with Crippen molar-refractivity contribution in [2.24, 2.45) is 0 Å². The van der Waals surface area contributed by atoms with E-state index in [1.165, 1.54) is 16.8 Å². The molecule has 0 saturated carbocycles. The maximum atomic E-state index is 6.37. The second-order valence-corrected chi connectivity index (χ2v) is 8.04. The topological polar surface area (TPSA) is 41.5 Å². The molecule has 6 heteroatoms. The van der Waals surface area contributed by atoms with E-state index < -0.39 is 0 Å². The monoisotopic (exact) mass is 386 g/mol. The molecule has 2 aliphatic rings. The van der Waals surface area contributed by atoms with E-state index in [-0.39, 0.29) is 0 Å². The number of hydrogen-bond acceptors (Lipinski definition) is 5. The summed E-state index contributed by atoms with van der Waals surface area (Å²) >= 11 is 6.37. The zero-order chi connectivity index (χ0) is 18.8. The Morgan fingerprint density at radius 2 is 1.89 bits per heavy atom. The molecule has 144 valence electrons. The maximum Gasteiger partial charge on any atom is 0.136 e. The van der Waals surface area contributed by atoms with Gasteiger partial charge in [0.15, 0.2) is 0 Å². The van der Waals surface area contributed by atoms with Crippen molar-refractivity contribution in [3.8, 4) is 0 Å². The Morgan fingerprint density at radius 3 is 2.63 bits per heavy atom. The van der Waals surface area contributed by atoms with Crippen LogP contribution in [0.25, 0.3) is 0 Å². The van der Waals surface area contributed by atoms with Crippen LogP contribution >= 0.6 is 11.6 Å². The van der Waals surface area contributed by atoms with Crippen LogP contribution in [-0.4, -0.2) is 47.7 Å². The molecule has 0 amide bonds. The fraction of sp³-hybridized carbons (Fsp3) is 0.524. The number of rotatable bonds is 4. The minimum atomic E-state index is 0.314. The molecular weight excluding hydrogens is 360 g/mol. The average molecular weight is 387 g/mol. The average Bonchev–Trinajstić information content (AvgIpc) is 2.69. The molecule has 1 saturated heterocycles. The van der Waals surface area contributed by atoms with E-state index in [9.17, 15) is 0 Å². The van der Waals surface area contributed by atoms with Gasteiger partial charge in [-0.05, 0) is 18.1 Å². The Morgan fingerprint density at radius 1 is 1.11 bits per heavy atom. The van der Waals surface area contributed by atoms with Crippen molar-refractivity contribution in [2.75, 3.05) is 37.7 Å². The van der Waals surface area contributed by atoms with Gasteiger partial charge in [-0.2, -0.15) is 0 Å². The number of hydrogen-bond donors (Lipinski definition) is 0. The number of ether oxygens (including phenoxy) is 1. The predicted molar refractivity (Wildman–Crippen MR) is 108 cm³/mol. The van der Waals surface area contributed by atoms with Gasteiger partial charge in [-0.1, -0.05) is 43.6 Å². The van der Waals surface area contributed by atoms with Crippen LogP contribution in [0.3, 0.4) is 0 Å². The van der Waals surface area contributed by atoms with Gasteiger partial charge in [0.2, 0.25) is 0 Å². The summed E-state index contributed by atoms with van der Waals surface area (Å²) in [4.78, 5) is 14.7. The first kappa shape index (κ1) is 18.7. The molecule has 1 fully saturated rings. The molecule has 2 aromatic rings. The Labute approximate surface area is 166 Å². The smallest absolute Gasteiger partial charge is 0.136 e. The molecule has 0 bridgehead atoms. The molecule has 0 aliphatic carbocycles. The summed E-state index contributed by atoms with van der Waals surface area (Å²) < 4.78 is 5.53. The number of aromatic nitrogens is 2. The SMILES string of the molecule is CC(C)c1nc2c(c(N3CCOCC3)n1)CCN(Cc1ccccc1Cl)C2. The lowest BCUT2D eigenvalue weighted by atomic mass is 10.0. The van der Waals surface area contributed by atoms with Gasteiger partial charge in [0.1, 0.15) is 11.6 Å². The second kappa shape index (κ2) is 8.13. The van der Waals surface area contributed by atoms with Gasteiger partial charge >= 0.3 is 0 Å². The summed E-state index contributed by atoms with van der Waals surface area (Å²) in [7, 11) is 0. The van der Waals surface area contributed by atoms with Gasteiger partial charge in [0.25, 0.3) is 0 Å². The van der Waals surface area contributed by atoms with Crippen molar-refractivity contribution in [2.45, 2.75) is 39.3 Å². The third-order valence-electron chi connectivity index (χ3n) is 5.32. The summed E-state index contributed by atoms with van der Waals surface area (Å²) in [6, 6.07) is 8.10. The minimum Gasteiger partial charge on any atom is -0.378 e. The lowest BCUT2D eigenvalue weighted by Gasteiger charge is -2.34. The van der Waals surface area contributed by atoms with E-state index in [1.54, 1.807) is 0 Å². The first-order valence-corrected chi connectivity index (χ1v) is 10.2. The van der Waals surface area contributed by atoms with E-state index in [2.05, 4.69) is 35.8 Å². The van der Waals surface area contributed by atoms with Crippen LogP contribution in [-0.2, 0) is 24.2 Å². The molecule has 4 rings (SSSR count). The first-order chi connectivity index (χ1) is 13.1. The number of nitrogens with zero attached hydrogens (tertiary/aromatic N) is 4. The number of halogens is 1. The van der Waals surface area contributed by atoms with Crippen molar-refractivity contribution in [3.63, 3.8) is 0 Å². The highest BCUT2D eigenvalue weighted by atomic mass is 35.5. The summed E-state index contributed by atoms with van der Waals surface area (Å²) in [6.07, 6.45) is 0.977. The molecule has 0 unspecified atom stereocenters. The number of anilines is 1.